The summed E-state index contributed by atoms with van der Waals surface area (Å²) in [5.41, 5.74) is 2.06. The van der Waals surface area contributed by atoms with Crippen LogP contribution in [-0.4, -0.2) is 33.0 Å². The predicted molar refractivity (Wildman–Crippen MR) is 41.0 cm³/mol. The molecule has 0 heterocycles. The third kappa shape index (κ3) is 5.75. The number of nitriles is 1. The summed E-state index contributed by atoms with van der Waals surface area (Å²) in [6, 6.07) is 1.13. The maximum absolute atomic E-state index is 12.0. The summed E-state index contributed by atoms with van der Waals surface area (Å²) in [6.45, 7) is -0.174. The van der Waals surface area contributed by atoms with Crippen LogP contribution in [0.4, 0.5) is 13.2 Å². The molecule has 7 heteroatoms. The van der Waals surface area contributed by atoms with Gasteiger partial charge in [-0.05, 0) is 0 Å². The fourth-order valence-electron chi connectivity index (χ4n) is 0.574. The molecule has 0 aromatic carbocycles. The number of hydroxylamine groups is 1. The van der Waals surface area contributed by atoms with Gasteiger partial charge in [-0.2, -0.15) is 18.4 Å². The molecule has 0 aliphatic heterocycles. The van der Waals surface area contributed by atoms with Crippen LogP contribution in [-0.2, 0) is 9.57 Å². The van der Waals surface area contributed by atoms with Gasteiger partial charge in [0, 0.05) is 13.7 Å². The monoisotopic (exact) mass is 212 g/mol. The highest BCUT2D eigenvalue weighted by Crippen LogP contribution is 2.24. The first kappa shape index (κ1) is 13.2. The maximum atomic E-state index is 12.0. The van der Waals surface area contributed by atoms with E-state index in [0.29, 0.717) is 0 Å². The molecule has 0 aromatic heterocycles. The van der Waals surface area contributed by atoms with Crippen LogP contribution in [0.25, 0.3) is 0 Å². The van der Waals surface area contributed by atoms with Crippen molar-refractivity contribution in [1.82, 2.24) is 5.48 Å². The summed E-state index contributed by atoms with van der Waals surface area (Å²) in [4.78, 5) is 4.58. The van der Waals surface area contributed by atoms with Crippen LogP contribution in [0.2, 0.25) is 0 Å². The highest BCUT2D eigenvalue weighted by Gasteiger charge is 2.39. The quantitative estimate of drug-likeness (QED) is 0.524. The molecule has 0 saturated carbocycles. The number of nitrogens with zero attached hydrogens (tertiary/aromatic N) is 1. The van der Waals surface area contributed by atoms with E-state index in [2.05, 4.69) is 15.1 Å². The second-order valence-electron chi connectivity index (χ2n) is 2.41. The fraction of sp³-hybridized carbons (Fsp3) is 0.857. The van der Waals surface area contributed by atoms with Crippen molar-refractivity contribution in [2.75, 3.05) is 26.9 Å². The molecule has 1 N–H and O–H groups in total. The third-order valence-electron chi connectivity index (χ3n) is 1.33. The standard InChI is InChI=1S/C7H11F3N2O2/c1-13-2-3-14-12-5-6(4-11)7(8,9)10/h6,12H,2-3,5H2,1H3. The topological polar surface area (TPSA) is 54.3 Å². The smallest absolute Gasteiger partial charge is 0.382 e. The van der Waals surface area contributed by atoms with Gasteiger partial charge in [-0.1, -0.05) is 0 Å². The number of ether oxygens (including phenoxy) is 1. The number of halogens is 3. The van der Waals surface area contributed by atoms with Crippen molar-refractivity contribution in [2.45, 2.75) is 6.18 Å². The summed E-state index contributed by atoms with van der Waals surface area (Å²) in [7, 11) is 1.44. The van der Waals surface area contributed by atoms with Crippen LogP contribution in [0.15, 0.2) is 0 Å². The van der Waals surface area contributed by atoms with Gasteiger partial charge in [-0.25, -0.2) is 5.48 Å². The van der Waals surface area contributed by atoms with Crippen molar-refractivity contribution in [3.8, 4) is 6.07 Å². The zero-order valence-electron chi connectivity index (χ0n) is 7.60. The lowest BCUT2D eigenvalue weighted by Crippen LogP contribution is -2.33. The summed E-state index contributed by atoms with van der Waals surface area (Å²) < 4.78 is 40.4. The van der Waals surface area contributed by atoms with E-state index in [9.17, 15) is 13.2 Å². The molecule has 0 aliphatic rings. The molecule has 0 radical (unpaired) electrons. The van der Waals surface area contributed by atoms with Gasteiger partial charge in [0.15, 0.2) is 5.92 Å². The van der Waals surface area contributed by atoms with Crippen LogP contribution >= 0.6 is 0 Å². The fourth-order valence-corrected chi connectivity index (χ4v) is 0.574. The van der Waals surface area contributed by atoms with Crippen LogP contribution in [0.3, 0.4) is 0 Å². The summed E-state index contributed by atoms with van der Waals surface area (Å²) >= 11 is 0. The van der Waals surface area contributed by atoms with Crippen LogP contribution in [0.1, 0.15) is 0 Å². The first-order chi connectivity index (χ1) is 6.52. The van der Waals surface area contributed by atoms with E-state index < -0.39 is 18.6 Å². The minimum absolute atomic E-state index is 0.131. The molecule has 1 atom stereocenters. The number of hydrogen-bond donors (Lipinski definition) is 1. The summed E-state index contributed by atoms with van der Waals surface area (Å²) in [5, 5.41) is 8.17. The van der Waals surface area contributed by atoms with Crippen LogP contribution in [0, 0.1) is 17.2 Å². The first-order valence-corrected chi connectivity index (χ1v) is 3.82. The van der Waals surface area contributed by atoms with Gasteiger partial charge >= 0.3 is 6.18 Å². The SMILES string of the molecule is COCCONCC(C#N)C(F)(F)F. The van der Waals surface area contributed by atoms with Crippen molar-refractivity contribution in [2.24, 2.45) is 5.92 Å². The minimum Gasteiger partial charge on any atom is -0.382 e. The molecule has 0 aromatic rings. The zero-order chi connectivity index (χ0) is 11.0. The molecule has 0 spiro atoms. The Bertz CT molecular complexity index is 190. The molecule has 0 saturated heterocycles. The van der Waals surface area contributed by atoms with E-state index in [-0.39, 0.29) is 13.2 Å². The van der Waals surface area contributed by atoms with Gasteiger partial charge < -0.3 is 4.74 Å². The van der Waals surface area contributed by atoms with E-state index in [1.165, 1.54) is 7.11 Å². The molecule has 4 nitrogen and oxygen atoms in total. The summed E-state index contributed by atoms with van der Waals surface area (Å²) in [5.74, 6) is -2.05. The number of methoxy groups -OCH3 is 1. The maximum Gasteiger partial charge on any atom is 0.405 e. The lowest BCUT2D eigenvalue weighted by Gasteiger charge is -2.13. The van der Waals surface area contributed by atoms with Crippen molar-refractivity contribution in [1.29, 1.82) is 5.26 Å². The molecule has 0 rings (SSSR count). The molecule has 82 valence electrons. The molecule has 0 aliphatic carbocycles. The largest absolute Gasteiger partial charge is 0.405 e. The van der Waals surface area contributed by atoms with E-state index in [1.807, 2.05) is 0 Å². The first-order valence-electron chi connectivity index (χ1n) is 3.82. The number of rotatable bonds is 6. The highest BCUT2D eigenvalue weighted by molar-refractivity contribution is 4.89. The Morgan fingerprint density at radius 2 is 2.07 bits per heavy atom. The van der Waals surface area contributed by atoms with E-state index in [0.717, 1.165) is 6.07 Å². The van der Waals surface area contributed by atoms with Crippen molar-refractivity contribution < 1.29 is 22.7 Å². The number of nitrogens with one attached hydrogen (secondary N) is 1. The third-order valence-corrected chi connectivity index (χ3v) is 1.33. The lowest BCUT2D eigenvalue weighted by atomic mass is 10.2. The number of alkyl halides is 3. The Kier molecular flexibility index (Phi) is 6.19. The predicted octanol–water partition coefficient (Wildman–Crippen LogP) is 0.856. The Labute approximate surface area is 79.5 Å². The molecule has 0 bridgehead atoms. The van der Waals surface area contributed by atoms with E-state index in [1.54, 1.807) is 0 Å². The number of hydrogen-bond acceptors (Lipinski definition) is 4. The van der Waals surface area contributed by atoms with Crippen molar-refractivity contribution >= 4 is 0 Å². The Morgan fingerprint density at radius 3 is 2.50 bits per heavy atom. The van der Waals surface area contributed by atoms with Gasteiger partial charge in [0.1, 0.15) is 0 Å². The van der Waals surface area contributed by atoms with Crippen molar-refractivity contribution in [3.63, 3.8) is 0 Å². The minimum atomic E-state index is -4.52. The lowest BCUT2D eigenvalue weighted by molar-refractivity contribution is -0.164. The Hall–Kier alpha value is -0.840. The second kappa shape index (κ2) is 6.59. The van der Waals surface area contributed by atoms with Crippen LogP contribution < -0.4 is 5.48 Å². The van der Waals surface area contributed by atoms with Gasteiger partial charge in [0.05, 0.1) is 19.3 Å². The Morgan fingerprint density at radius 1 is 1.43 bits per heavy atom. The van der Waals surface area contributed by atoms with Gasteiger partial charge in [0.2, 0.25) is 0 Å². The molecule has 0 fully saturated rings. The zero-order valence-corrected chi connectivity index (χ0v) is 7.60. The Balaban J connectivity index is 3.61. The second-order valence-corrected chi connectivity index (χ2v) is 2.41. The molecule has 1 unspecified atom stereocenters. The van der Waals surface area contributed by atoms with Crippen molar-refractivity contribution in [3.05, 3.63) is 0 Å². The van der Waals surface area contributed by atoms with Gasteiger partial charge in [-0.3, -0.25) is 4.84 Å². The molecule has 14 heavy (non-hydrogen) atoms. The normalized spacial score (nSPS) is 13.6. The van der Waals surface area contributed by atoms with Gasteiger partial charge in [-0.15, -0.1) is 0 Å². The molecular weight excluding hydrogens is 201 g/mol. The molecule has 0 amide bonds. The average molecular weight is 212 g/mol. The summed E-state index contributed by atoms with van der Waals surface area (Å²) in [6.07, 6.45) is -4.52. The molecular formula is C7H11F3N2O2. The highest BCUT2D eigenvalue weighted by atomic mass is 19.4. The van der Waals surface area contributed by atoms with Gasteiger partial charge in [0.25, 0.3) is 0 Å². The van der Waals surface area contributed by atoms with E-state index in [4.69, 9.17) is 5.26 Å². The average Bonchev–Trinajstić information content (AvgIpc) is 2.09. The van der Waals surface area contributed by atoms with E-state index >= 15 is 0 Å². The van der Waals surface area contributed by atoms with Crippen LogP contribution in [0.5, 0.6) is 0 Å².